The third-order valence-electron chi connectivity index (χ3n) is 7.99. The maximum Gasteiger partial charge on any atom is 0.310 e. The van der Waals surface area contributed by atoms with Gasteiger partial charge in [0.15, 0.2) is 0 Å². The van der Waals surface area contributed by atoms with E-state index in [4.69, 9.17) is 4.74 Å². The zero-order chi connectivity index (χ0) is 25.4. The molecule has 3 unspecified atom stereocenters. The minimum Gasteiger partial charge on any atom is -0.466 e. The van der Waals surface area contributed by atoms with Gasteiger partial charge in [-0.25, -0.2) is 0 Å². The summed E-state index contributed by atoms with van der Waals surface area (Å²) >= 11 is 1.60. The fraction of sp³-hybridized carbons (Fsp3) is 0.464. The summed E-state index contributed by atoms with van der Waals surface area (Å²) < 4.78 is 4.64. The number of hydrogen-bond acceptors (Lipinski definition) is 6. The predicted molar refractivity (Wildman–Crippen MR) is 137 cm³/mol. The molecule has 2 amide bonds. The van der Waals surface area contributed by atoms with Gasteiger partial charge in [-0.05, 0) is 30.4 Å². The van der Waals surface area contributed by atoms with Crippen LogP contribution in [0, 0.1) is 17.8 Å². The van der Waals surface area contributed by atoms with Crippen LogP contribution in [0.2, 0.25) is 0 Å². The lowest BCUT2D eigenvalue weighted by atomic mass is 9.66. The summed E-state index contributed by atoms with van der Waals surface area (Å²) in [5, 5.41) is 13.5. The van der Waals surface area contributed by atoms with Crippen LogP contribution in [0.3, 0.4) is 0 Å². The lowest BCUT2D eigenvalue weighted by Crippen LogP contribution is -2.56. The minimum atomic E-state index is -0.819. The molecule has 0 aliphatic carbocycles. The molecule has 2 aromatic carbocycles. The highest BCUT2D eigenvalue weighted by Crippen LogP contribution is 2.69. The summed E-state index contributed by atoms with van der Waals surface area (Å²) in [5.74, 6) is -2.10. The van der Waals surface area contributed by atoms with Gasteiger partial charge in [0.1, 0.15) is 6.04 Å². The van der Waals surface area contributed by atoms with Crippen molar-refractivity contribution in [3.8, 4) is 0 Å². The molecule has 36 heavy (non-hydrogen) atoms. The summed E-state index contributed by atoms with van der Waals surface area (Å²) in [7, 11) is 0. The van der Waals surface area contributed by atoms with Crippen LogP contribution in [0.4, 0.5) is 0 Å². The average Bonchev–Trinajstić information content (AvgIpc) is 3.49. The Morgan fingerprint density at radius 1 is 1.17 bits per heavy atom. The van der Waals surface area contributed by atoms with Crippen LogP contribution in [0.15, 0.2) is 60.7 Å². The number of ether oxygens (including phenoxy) is 1. The quantitative estimate of drug-likeness (QED) is 0.533. The molecule has 3 aliphatic heterocycles. The molecule has 3 fully saturated rings. The number of carbonyl (C=O) groups excluding carboxylic acids is 3. The fourth-order valence-corrected chi connectivity index (χ4v) is 8.91. The second kappa shape index (κ2) is 9.90. The lowest BCUT2D eigenvalue weighted by Gasteiger charge is -2.40. The SMILES string of the molecule is CCOC(=O)[C@@H]1[C@@H]2CC(C)C3(S2)C(C(=O)NCc2ccccc2)N([C@H](CO)c2ccccc2)C(=O)[C@H]13. The summed E-state index contributed by atoms with van der Waals surface area (Å²) in [6.45, 7) is 4.08. The van der Waals surface area contributed by atoms with Crippen LogP contribution in [0.25, 0.3) is 0 Å². The van der Waals surface area contributed by atoms with E-state index in [1.54, 1.807) is 23.6 Å². The third kappa shape index (κ3) is 3.82. The lowest BCUT2D eigenvalue weighted by molar-refractivity contribution is -0.154. The van der Waals surface area contributed by atoms with Crippen LogP contribution in [0.5, 0.6) is 0 Å². The number of nitrogens with zero attached hydrogens (tertiary/aromatic N) is 1. The van der Waals surface area contributed by atoms with Gasteiger partial charge in [0.05, 0.1) is 35.8 Å². The number of esters is 1. The van der Waals surface area contributed by atoms with Crippen molar-refractivity contribution in [1.82, 2.24) is 10.2 Å². The van der Waals surface area contributed by atoms with Crippen molar-refractivity contribution in [3.05, 3.63) is 71.8 Å². The maximum absolute atomic E-state index is 14.2. The van der Waals surface area contributed by atoms with E-state index in [1.165, 1.54) is 0 Å². The van der Waals surface area contributed by atoms with Gasteiger partial charge in [-0.15, -0.1) is 11.8 Å². The number of aliphatic hydroxyl groups is 1. The van der Waals surface area contributed by atoms with E-state index in [1.807, 2.05) is 60.7 Å². The number of carbonyl (C=O) groups is 3. The number of benzene rings is 2. The van der Waals surface area contributed by atoms with Crippen molar-refractivity contribution in [2.45, 2.75) is 48.9 Å². The highest BCUT2D eigenvalue weighted by molar-refractivity contribution is 8.02. The molecule has 0 saturated carbocycles. The smallest absolute Gasteiger partial charge is 0.310 e. The molecule has 190 valence electrons. The summed E-state index contributed by atoms with van der Waals surface area (Å²) in [6, 6.07) is 17.4. The molecule has 7 nitrogen and oxygen atoms in total. The van der Waals surface area contributed by atoms with Crippen LogP contribution >= 0.6 is 11.8 Å². The van der Waals surface area contributed by atoms with Gasteiger partial charge in [-0.2, -0.15) is 0 Å². The van der Waals surface area contributed by atoms with Gasteiger partial charge in [0.25, 0.3) is 0 Å². The first-order valence-corrected chi connectivity index (χ1v) is 13.5. The van der Waals surface area contributed by atoms with E-state index in [0.29, 0.717) is 6.54 Å². The Balaban J connectivity index is 1.56. The number of thioether (sulfide) groups is 1. The van der Waals surface area contributed by atoms with E-state index >= 15 is 0 Å². The second-order valence-electron chi connectivity index (χ2n) is 9.86. The van der Waals surface area contributed by atoms with Gasteiger partial charge in [0.2, 0.25) is 11.8 Å². The number of rotatable bonds is 8. The Morgan fingerprint density at radius 3 is 2.47 bits per heavy atom. The molecule has 1 spiro atoms. The highest BCUT2D eigenvalue weighted by Gasteiger charge is 2.76. The summed E-state index contributed by atoms with van der Waals surface area (Å²) in [4.78, 5) is 42.8. The number of nitrogens with one attached hydrogen (secondary N) is 1. The molecule has 7 atom stereocenters. The first-order chi connectivity index (χ1) is 17.4. The summed E-state index contributed by atoms with van der Waals surface area (Å²) in [6.07, 6.45) is 0.739. The van der Waals surface area contributed by atoms with Crippen molar-refractivity contribution < 1.29 is 24.2 Å². The van der Waals surface area contributed by atoms with Crippen LogP contribution in [0.1, 0.15) is 37.4 Å². The maximum atomic E-state index is 14.2. The first kappa shape index (κ1) is 24.8. The molecule has 0 aromatic heterocycles. The molecule has 2 N–H and O–H groups in total. The molecular formula is C28H32N2O5S. The van der Waals surface area contributed by atoms with E-state index in [9.17, 15) is 19.5 Å². The zero-order valence-corrected chi connectivity index (χ0v) is 21.3. The molecule has 3 saturated heterocycles. The van der Waals surface area contributed by atoms with Crippen molar-refractivity contribution in [2.24, 2.45) is 17.8 Å². The number of amides is 2. The normalized spacial score (nSPS) is 31.2. The predicted octanol–water partition coefficient (Wildman–Crippen LogP) is 2.94. The van der Waals surface area contributed by atoms with Crippen LogP contribution in [-0.2, 0) is 25.7 Å². The van der Waals surface area contributed by atoms with Gasteiger partial charge in [-0.1, -0.05) is 67.6 Å². The summed E-state index contributed by atoms with van der Waals surface area (Å²) in [5.41, 5.74) is 1.71. The standard InChI is InChI=1S/C28H32N2O5S/c1-3-35-27(34)22-21-14-17(2)28(36-21)23(22)26(33)30(20(16-31)19-12-8-5-9-13-19)24(28)25(32)29-15-18-10-6-4-7-11-18/h4-13,17,20-24,31H,3,14-16H2,1-2H3,(H,29,32)/t17?,20-,21+,22-,23+,24?,28?/m1/s1. The van der Waals surface area contributed by atoms with Crippen molar-refractivity contribution in [1.29, 1.82) is 0 Å². The fourth-order valence-electron chi connectivity index (χ4n) is 6.51. The van der Waals surface area contributed by atoms with Crippen LogP contribution in [-0.4, -0.2) is 57.0 Å². The zero-order valence-electron chi connectivity index (χ0n) is 20.5. The van der Waals surface area contributed by atoms with Crippen LogP contribution < -0.4 is 5.32 Å². The highest BCUT2D eigenvalue weighted by atomic mass is 32.2. The number of aliphatic hydroxyl groups excluding tert-OH is 1. The largest absolute Gasteiger partial charge is 0.466 e. The molecule has 8 heteroatoms. The molecule has 3 heterocycles. The van der Waals surface area contributed by atoms with E-state index in [0.717, 1.165) is 17.5 Å². The van der Waals surface area contributed by atoms with E-state index in [-0.39, 0.29) is 42.2 Å². The molecule has 2 bridgehead atoms. The molecular weight excluding hydrogens is 476 g/mol. The van der Waals surface area contributed by atoms with Crippen molar-refractivity contribution in [3.63, 3.8) is 0 Å². The minimum absolute atomic E-state index is 0.0414. The Labute approximate surface area is 215 Å². The Kier molecular flexibility index (Phi) is 6.83. The monoisotopic (exact) mass is 508 g/mol. The molecule has 0 radical (unpaired) electrons. The van der Waals surface area contributed by atoms with E-state index < -0.39 is 28.7 Å². The number of hydrogen-bond donors (Lipinski definition) is 2. The Morgan fingerprint density at radius 2 is 1.83 bits per heavy atom. The number of likely N-dealkylation sites (tertiary alicyclic amines) is 1. The van der Waals surface area contributed by atoms with Crippen molar-refractivity contribution >= 4 is 29.5 Å². The van der Waals surface area contributed by atoms with Gasteiger partial charge < -0.3 is 20.1 Å². The Bertz CT molecular complexity index is 1130. The van der Waals surface area contributed by atoms with Gasteiger partial charge in [-0.3, -0.25) is 14.4 Å². The molecule has 2 aromatic rings. The first-order valence-electron chi connectivity index (χ1n) is 12.6. The van der Waals surface area contributed by atoms with Gasteiger partial charge >= 0.3 is 5.97 Å². The van der Waals surface area contributed by atoms with Crippen molar-refractivity contribution in [2.75, 3.05) is 13.2 Å². The molecule has 5 rings (SSSR count). The Hall–Kier alpha value is -2.84. The number of fused-ring (bicyclic) bond motifs is 1. The van der Waals surface area contributed by atoms with Gasteiger partial charge in [0, 0.05) is 11.8 Å². The third-order valence-corrected chi connectivity index (χ3v) is 10.1. The van der Waals surface area contributed by atoms with E-state index in [2.05, 4.69) is 12.2 Å². The average molecular weight is 509 g/mol. The molecule has 3 aliphatic rings. The topological polar surface area (TPSA) is 95.9 Å². The second-order valence-corrected chi connectivity index (χ2v) is 11.4.